The lowest BCUT2D eigenvalue weighted by atomic mass is 9.89. The maximum atomic E-state index is 11.8. The lowest BCUT2D eigenvalue weighted by Gasteiger charge is -2.26. The molecule has 3 N–H and O–H groups in total. The fraction of sp³-hybridized carbons (Fsp3) is 0.615. The molecule has 0 spiro atoms. The average molecular weight is 239 g/mol. The van der Waals surface area contributed by atoms with Gasteiger partial charge in [-0.05, 0) is 25.0 Å². The number of aliphatic hydroxyl groups is 1. The first kappa shape index (κ1) is 13.9. The van der Waals surface area contributed by atoms with Gasteiger partial charge in [-0.25, -0.2) is 4.79 Å². The Kier molecular flexibility index (Phi) is 4.90. The lowest BCUT2D eigenvalue weighted by Crippen LogP contribution is -2.39. The third-order valence-electron chi connectivity index (χ3n) is 2.63. The maximum Gasteiger partial charge on any atom is 0.338 e. The monoisotopic (exact) mass is 239 g/mol. The van der Waals surface area contributed by atoms with Crippen LogP contribution in [0.25, 0.3) is 0 Å². The third-order valence-corrected chi connectivity index (χ3v) is 2.63. The lowest BCUT2D eigenvalue weighted by molar-refractivity contribution is -0.138. The van der Waals surface area contributed by atoms with E-state index in [0.717, 1.165) is 24.8 Å². The molecule has 1 aliphatic rings. The molecule has 0 aromatic carbocycles. The zero-order chi connectivity index (χ0) is 12.9. The first-order valence-corrected chi connectivity index (χ1v) is 6.09. The Morgan fingerprint density at radius 2 is 2.24 bits per heavy atom. The normalized spacial score (nSPS) is 24.0. The van der Waals surface area contributed by atoms with Gasteiger partial charge in [-0.1, -0.05) is 25.8 Å². The van der Waals surface area contributed by atoms with Crippen LogP contribution in [0, 0.1) is 0 Å². The minimum atomic E-state index is -1.33. The molecule has 0 aromatic heterocycles. The van der Waals surface area contributed by atoms with Crippen molar-refractivity contribution in [2.75, 3.05) is 6.61 Å². The Hall–Kier alpha value is -1.13. The summed E-state index contributed by atoms with van der Waals surface area (Å²) in [6.07, 6.45) is 5.78. The van der Waals surface area contributed by atoms with Crippen LogP contribution in [-0.4, -0.2) is 23.4 Å². The van der Waals surface area contributed by atoms with E-state index in [1.807, 2.05) is 13.8 Å². The van der Waals surface area contributed by atoms with Crippen molar-refractivity contribution in [1.29, 1.82) is 0 Å². The van der Waals surface area contributed by atoms with Crippen LogP contribution in [0.5, 0.6) is 0 Å². The Morgan fingerprint density at radius 1 is 1.53 bits per heavy atom. The molecule has 0 saturated heterocycles. The van der Waals surface area contributed by atoms with Gasteiger partial charge in [0.2, 0.25) is 0 Å². The van der Waals surface area contributed by atoms with Crippen LogP contribution < -0.4 is 5.73 Å². The molecule has 17 heavy (non-hydrogen) atoms. The van der Waals surface area contributed by atoms with Gasteiger partial charge in [-0.3, -0.25) is 0 Å². The molecular weight excluding hydrogens is 218 g/mol. The van der Waals surface area contributed by atoms with Crippen molar-refractivity contribution >= 4 is 5.97 Å². The summed E-state index contributed by atoms with van der Waals surface area (Å²) in [6, 6.07) is 0. The van der Waals surface area contributed by atoms with E-state index < -0.39 is 5.72 Å². The Morgan fingerprint density at radius 3 is 2.82 bits per heavy atom. The molecule has 1 unspecified atom stereocenters. The number of carbonyl (C=O) groups excluding carboxylic acids is 1. The zero-order valence-corrected chi connectivity index (χ0v) is 10.5. The van der Waals surface area contributed by atoms with Crippen molar-refractivity contribution in [3.8, 4) is 0 Å². The maximum absolute atomic E-state index is 11.8. The molecule has 0 radical (unpaired) electrons. The number of ether oxygens (including phenoxy) is 1. The van der Waals surface area contributed by atoms with Crippen LogP contribution in [0.15, 0.2) is 23.3 Å². The van der Waals surface area contributed by atoms with Gasteiger partial charge in [-0.2, -0.15) is 0 Å². The van der Waals surface area contributed by atoms with Gasteiger partial charge in [0.15, 0.2) is 0 Å². The molecule has 1 rings (SSSR count). The molecule has 0 amide bonds. The summed E-state index contributed by atoms with van der Waals surface area (Å²) in [4.78, 5) is 11.8. The van der Waals surface area contributed by atoms with Gasteiger partial charge in [0, 0.05) is 6.42 Å². The minimum Gasteiger partial charge on any atom is -0.462 e. The fourth-order valence-corrected chi connectivity index (χ4v) is 1.85. The average Bonchev–Trinajstić information content (AvgIpc) is 2.25. The number of nitrogens with two attached hydrogens (primary N) is 1. The predicted molar refractivity (Wildman–Crippen MR) is 66.1 cm³/mol. The first-order chi connectivity index (χ1) is 8.00. The summed E-state index contributed by atoms with van der Waals surface area (Å²) in [5.74, 6) is -0.318. The van der Waals surface area contributed by atoms with E-state index in [9.17, 15) is 9.90 Å². The van der Waals surface area contributed by atoms with E-state index >= 15 is 0 Å². The van der Waals surface area contributed by atoms with Crippen LogP contribution in [0.4, 0.5) is 0 Å². The number of hydrogen-bond acceptors (Lipinski definition) is 4. The molecule has 0 bridgehead atoms. The molecule has 0 heterocycles. The Labute approximate surface area is 102 Å². The van der Waals surface area contributed by atoms with Crippen molar-refractivity contribution in [2.45, 2.75) is 45.3 Å². The van der Waals surface area contributed by atoms with Gasteiger partial charge in [-0.15, -0.1) is 0 Å². The molecule has 0 aromatic rings. The first-order valence-electron chi connectivity index (χ1n) is 6.09. The highest BCUT2D eigenvalue weighted by Gasteiger charge is 2.27. The van der Waals surface area contributed by atoms with E-state index in [-0.39, 0.29) is 5.97 Å². The van der Waals surface area contributed by atoms with Crippen LogP contribution in [0.1, 0.15) is 39.5 Å². The standard InChI is InChI=1S/C13H21NO3/c1-3-5-10-9-13(14,16)7-6-11(10)12(15)17-8-4-2/h6-7,16H,3-5,8-9,14H2,1-2H3. The summed E-state index contributed by atoms with van der Waals surface area (Å²) >= 11 is 0. The highest BCUT2D eigenvalue weighted by atomic mass is 16.5. The summed E-state index contributed by atoms with van der Waals surface area (Å²) in [6.45, 7) is 4.39. The second-order valence-corrected chi connectivity index (χ2v) is 4.40. The molecule has 0 saturated carbocycles. The smallest absolute Gasteiger partial charge is 0.338 e. The summed E-state index contributed by atoms with van der Waals surface area (Å²) in [5, 5.41) is 9.75. The Balaban J connectivity index is 2.84. The topological polar surface area (TPSA) is 72.5 Å². The van der Waals surface area contributed by atoms with E-state index in [4.69, 9.17) is 10.5 Å². The second kappa shape index (κ2) is 5.98. The molecule has 0 aliphatic heterocycles. The van der Waals surface area contributed by atoms with E-state index in [1.165, 1.54) is 6.08 Å². The van der Waals surface area contributed by atoms with E-state index in [1.54, 1.807) is 6.08 Å². The van der Waals surface area contributed by atoms with Gasteiger partial charge < -0.3 is 15.6 Å². The van der Waals surface area contributed by atoms with E-state index in [2.05, 4.69) is 0 Å². The van der Waals surface area contributed by atoms with Gasteiger partial charge in [0.25, 0.3) is 0 Å². The predicted octanol–water partition coefficient (Wildman–Crippen LogP) is 1.64. The molecule has 0 fully saturated rings. The fourth-order valence-electron chi connectivity index (χ4n) is 1.85. The van der Waals surface area contributed by atoms with Crippen LogP contribution in [0.3, 0.4) is 0 Å². The highest BCUT2D eigenvalue weighted by molar-refractivity contribution is 5.93. The number of hydrogen-bond donors (Lipinski definition) is 2. The number of esters is 1. The molecule has 1 atom stereocenters. The SMILES string of the molecule is CCCOC(=O)C1=C(CCC)CC(N)(O)C=C1. The molecule has 1 aliphatic carbocycles. The summed E-state index contributed by atoms with van der Waals surface area (Å²) in [7, 11) is 0. The summed E-state index contributed by atoms with van der Waals surface area (Å²) in [5.41, 5.74) is 5.74. The minimum absolute atomic E-state index is 0.300. The molecule has 96 valence electrons. The van der Waals surface area contributed by atoms with Crippen LogP contribution >= 0.6 is 0 Å². The molecular formula is C13H21NO3. The third kappa shape index (κ3) is 3.98. The molecule has 4 nitrogen and oxygen atoms in total. The number of carbonyl (C=O) groups is 1. The van der Waals surface area contributed by atoms with Gasteiger partial charge in [0.05, 0.1) is 12.2 Å². The Bertz CT molecular complexity index is 343. The number of rotatable bonds is 5. The van der Waals surface area contributed by atoms with Crippen molar-refractivity contribution in [3.05, 3.63) is 23.3 Å². The summed E-state index contributed by atoms with van der Waals surface area (Å²) < 4.78 is 5.10. The van der Waals surface area contributed by atoms with Crippen LogP contribution in [-0.2, 0) is 9.53 Å². The van der Waals surface area contributed by atoms with Gasteiger partial charge in [0.1, 0.15) is 5.72 Å². The van der Waals surface area contributed by atoms with Gasteiger partial charge >= 0.3 is 5.97 Å². The van der Waals surface area contributed by atoms with Crippen LogP contribution in [0.2, 0.25) is 0 Å². The second-order valence-electron chi connectivity index (χ2n) is 4.40. The van der Waals surface area contributed by atoms with Crippen molar-refractivity contribution < 1.29 is 14.6 Å². The quantitative estimate of drug-likeness (QED) is 0.565. The van der Waals surface area contributed by atoms with Crippen molar-refractivity contribution in [2.24, 2.45) is 5.73 Å². The molecule has 4 heteroatoms. The largest absolute Gasteiger partial charge is 0.462 e. The zero-order valence-electron chi connectivity index (χ0n) is 10.5. The van der Waals surface area contributed by atoms with Crippen molar-refractivity contribution in [1.82, 2.24) is 0 Å². The van der Waals surface area contributed by atoms with Crippen molar-refractivity contribution in [3.63, 3.8) is 0 Å². The van der Waals surface area contributed by atoms with E-state index in [0.29, 0.717) is 18.6 Å². The highest BCUT2D eigenvalue weighted by Crippen LogP contribution is 2.27.